The molecule has 0 saturated carbocycles. The van der Waals surface area contributed by atoms with Gasteiger partial charge in [-0.05, 0) is 47.0 Å². The van der Waals surface area contributed by atoms with Gasteiger partial charge in [-0.2, -0.15) is 0 Å². The molecule has 0 radical (unpaired) electrons. The quantitative estimate of drug-likeness (QED) is 0.273. The lowest BCUT2D eigenvalue weighted by atomic mass is 9.87. The second-order valence-electron chi connectivity index (χ2n) is 9.60. The molecule has 0 saturated heterocycles. The van der Waals surface area contributed by atoms with Gasteiger partial charge in [0, 0.05) is 25.6 Å². The third kappa shape index (κ3) is 3.71. The zero-order valence-electron chi connectivity index (χ0n) is 21.4. The van der Waals surface area contributed by atoms with Gasteiger partial charge in [0.1, 0.15) is 18.2 Å². The molecule has 2 aromatic heterocycles. The maximum Gasteiger partial charge on any atom is 0.216 e. The van der Waals surface area contributed by atoms with Crippen LogP contribution in [0.2, 0.25) is 0 Å². The molecule has 0 atom stereocenters. The summed E-state index contributed by atoms with van der Waals surface area (Å²) in [6.07, 6.45) is 0.668. The number of furan rings is 1. The fourth-order valence-corrected chi connectivity index (χ4v) is 4.38. The Morgan fingerprint density at radius 1 is 0.875 bits per heavy atom. The second kappa shape index (κ2) is 7.63. The molecule has 2 heteroatoms. The summed E-state index contributed by atoms with van der Waals surface area (Å²) in [5, 5.41) is 2.25. The minimum absolute atomic E-state index is 0.481. The molecule has 0 fully saturated rings. The highest BCUT2D eigenvalue weighted by Gasteiger charge is 2.21. The highest BCUT2D eigenvalue weighted by Crippen LogP contribution is 2.37. The Balaban J connectivity index is 1.64. The molecule has 0 aliphatic rings. The third-order valence-corrected chi connectivity index (χ3v) is 5.90. The van der Waals surface area contributed by atoms with Crippen molar-refractivity contribution in [3.8, 4) is 22.4 Å². The molecule has 160 valence electrons. The zero-order valence-corrected chi connectivity index (χ0v) is 19.4. The molecule has 32 heavy (non-hydrogen) atoms. The van der Waals surface area contributed by atoms with E-state index in [0.29, 0.717) is 5.56 Å². The SMILES string of the molecule is [2H]C([2H])(c1ccc(-c2cc[n+](C)c(-c3c(C)ccc4c3oc3ccccc34)c2)cc1)C(C)(C)C. The van der Waals surface area contributed by atoms with Gasteiger partial charge in [0.05, 0.1) is 5.56 Å². The van der Waals surface area contributed by atoms with Crippen molar-refractivity contribution in [2.45, 2.75) is 34.1 Å². The molecule has 5 aromatic rings. The minimum Gasteiger partial charge on any atom is -0.455 e. The Kier molecular flexibility index (Phi) is 4.34. The van der Waals surface area contributed by atoms with Gasteiger partial charge in [0.15, 0.2) is 6.20 Å². The van der Waals surface area contributed by atoms with E-state index >= 15 is 0 Å². The predicted octanol–water partition coefficient (Wildman–Crippen LogP) is 7.64. The van der Waals surface area contributed by atoms with Crippen molar-refractivity contribution < 1.29 is 11.7 Å². The van der Waals surface area contributed by atoms with Gasteiger partial charge in [-0.15, -0.1) is 0 Å². The van der Waals surface area contributed by atoms with Crippen LogP contribution in [-0.4, -0.2) is 0 Å². The lowest BCUT2D eigenvalue weighted by Crippen LogP contribution is -2.30. The number of aromatic nitrogens is 1. The van der Waals surface area contributed by atoms with Crippen LogP contribution in [0.4, 0.5) is 0 Å². The van der Waals surface area contributed by atoms with Crippen LogP contribution < -0.4 is 4.57 Å². The van der Waals surface area contributed by atoms with E-state index in [1.54, 1.807) is 0 Å². The van der Waals surface area contributed by atoms with Crippen molar-refractivity contribution in [1.82, 2.24) is 0 Å². The molecule has 0 unspecified atom stereocenters. The number of hydrogen-bond acceptors (Lipinski definition) is 1. The summed E-state index contributed by atoms with van der Waals surface area (Å²) in [6, 6.07) is 24.6. The van der Waals surface area contributed by atoms with Crippen LogP contribution in [0.15, 0.2) is 83.4 Å². The van der Waals surface area contributed by atoms with Crippen molar-refractivity contribution in [2.24, 2.45) is 12.5 Å². The first-order valence-electron chi connectivity index (χ1n) is 12.1. The van der Waals surface area contributed by atoms with Crippen LogP contribution in [0.1, 0.15) is 34.6 Å². The molecular weight excluding hydrogens is 390 g/mol. The van der Waals surface area contributed by atoms with Crippen molar-refractivity contribution in [2.75, 3.05) is 0 Å². The fourth-order valence-electron chi connectivity index (χ4n) is 4.38. The van der Waals surface area contributed by atoms with Crippen molar-refractivity contribution in [1.29, 1.82) is 0 Å². The van der Waals surface area contributed by atoms with Gasteiger partial charge in [-0.3, -0.25) is 0 Å². The van der Waals surface area contributed by atoms with E-state index in [-0.39, 0.29) is 0 Å². The number of nitrogens with zero attached hydrogens (tertiary/aromatic N) is 1. The Bertz CT molecular complexity index is 1520. The van der Waals surface area contributed by atoms with Crippen LogP contribution >= 0.6 is 0 Å². The van der Waals surface area contributed by atoms with Gasteiger partial charge in [-0.1, -0.05) is 75.4 Å². The number of para-hydroxylation sites is 1. The van der Waals surface area contributed by atoms with Crippen LogP contribution in [0.25, 0.3) is 44.3 Å². The van der Waals surface area contributed by atoms with Crippen LogP contribution in [0.3, 0.4) is 0 Å². The highest BCUT2D eigenvalue weighted by molar-refractivity contribution is 6.09. The average Bonchev–Trinajstić information content (AvgIpc) is 3.17. The number of rotatable bonds is 3. The highest BCUT2D eigenvalue weighted by atomic mass is 16.3. The standard InChI is InChI=1S/C30H30NO/c1-20-10-15-25-24-8-6-7-9-27(24)32-29(25)28(20)26-18-23(16-17-31(26)5)22-13-11-21(12-14-22)19-30(2,3)4/h6-18H,19H2,1-5H3/q+1/i19D2. The van der Waals surface area contributed by atoms with E-state index in [0.717, 1.165) is 49.9 Å². The molecule has 2 heterocycles. The van der Waals surface area contributed by atoms with E-state index < -0.39 is 11.8 Å². The van der Waals surface area contributed by atoms with E-state index in [1.165, 1.54) is 0 Å². The van der Waals surface area contributed by atoms with Crippen molar-refractivity contribution in [3.05, 3.63) is 90.1 Å². The molecule has 0 aliphatic carbocycles. The third-order valence-electron chi connectivity index (χ3n) is 5.90. The summed E-state index contributed by atoms with van der Waals surface area (Å²) < 4.78 is 25.6. The van der Waals surface area contributed by atoms with Gasteiger partial charge in [0.2, 0.25) is 5.69 Å². The number of benzene rings is 3. The summed E-state index contributed by atoms with van der Waals surface area (Å²) in [6.45, 7) is 7.93. The first-order chi connectivity index (χ1) is 16.1. The molecule has 0 bridgehead atoms. The molecule has 0 amide bonds. The number of fused-ring (bicyclic) bond motifs is 3. The topological polar surface area (TPSA) is 17.0 Å². The number of aryl methyl sites for hydroxylation is 2. The number of pyridine rings is 1. The Morgan fingerprint density at radius 2 is 1.62 bits per heavy atom. The summed E-state index contributed by atoms with van der Waals surface area (Å²) >= 11 is 0. The van der Waals surface area contributed by atoms with Crippen LogP contribution in [0, 0.1) is 12.3 Å². The molecule has 0 spiro atoms. The lowest BCUT2D eigenvalue weighted by molar-refractivity contribution is -0.660. The monoisotopic (exact) mass is 422 g/mol. The van der Waals surface area contributed by atoms with Crippen LogP contribution in [0.5, 0.6) is 0 Å². The van der Waals surface area contributed by atoms with E-state index in [1.807, 2.05) is 63.2 Å². The Hall–Kier alpha value is -3.39. The molecule has 0 N–H and O–H groups in total. The maximum atomic E-state index is 8.57. The Labute approximate surface area is 192 Å². The summed E-state index contributed by atoms with van der Waals surface area (Å²) in [7, 11) is 2.06. The van der Waals surface area contributed by atoms with Gasteiger partial charge < -0.3 is 4.42 Å². The second-order valence-corrected chi connectivity index (χ2v) is 9.60. The van der Waals surface area contributed by atoms with Gasteiger partial charge in [0.25, 0.3) is 0 Å². The first-order valence-corrected chi connectivity index (χ1v) is 11.1. The van der Waals surface area contributed by atoms with Gasteiger partial charge in [-0.25, -0.2) is 4.57 Å². The molecule has 3 aromatic carbocycles. The zero-order chi connectivity index (χ0) is 24.3. The molecular formula is C30H30NO+. The smallest absolute Gasteiger partial charge is 0.216 e. The van der Waals surface area contributed by atoms with Crippen LogP contribution in [-0.2, 0) is 13.4 Å². The fraction of sp³-hybridized carbons (Fsp3) is 0.233. The lowest BCUT2D eigenvalue weighted by Gasteiger charge is -2.18. The van der Waals surface area contributed by atoms with E-state index in [9.17, 15) is 0 Å². The summed E-state index contributed by atoms with van der Waals surface area (Å²) in [4.78, 5) is 0. The minimum atomic E-state index is -1.41. The average molecular weight is 423 g/mol. The van der Waals surface area contributed by atoms with Crippen molar-refractivity contribution in [3.63, 3.8) is 0 Å². The first kappa shape index (κ1) is 18.2. The maximum absolute atomic E-state index is 8.57. The molecule has 5 rings (SSSR count). The predicted molar refractivity (Wildman–Crippen MR) is 134 cm³/mol. The van der Waals surface area contributed by atoms with Crippen molar-refractivity contribution >= 4 is 21.9 Å². The normalized spacial score (nSPS) is 13.4. The molecule has 2 nitrogen and oxygen atoms in total. The number of hydrogen-bond donors (Lipinski definition) is 0. The molecule has 0 aliphatic heterocycles. The van der Waals surface area contributed by atoms with E-state index in [2.05, 4.69) is 55.1 Å². The largest absolute Gasteiger partial charge is 0.455 e. The van der Waals surface area contributed by atoms with E-state index in [4.69, 9.17) is 7.16 Å². The Morgan fingerprint density at radius 3 is 2.38 bits per heavy atom. The van der Waals surface area contributed by atoms with Gasteiger partial charge >= 0.3 is 0 Å². The summed E-state index contributed by atoms with van der Waals surface area (Å²) in [5.41, 5.74) is 7.50. The summed E-state index contributed by atoms with van der Waals surface area (Å²) in [5.74, 6) is 0.